The molecule has 1 unspecified atom stereocenters. The van der Waals surface area contributed by atoms with Crippen molar-refractivity contribution in [3.63, 3.8) is 0 Å². The topological polar surface area (TPSA) is 71.3 Å². The third kappa shape index (κ3) is 3.85. The Morgan fingerprint density at radius 3 is 2.42 bits per heavy atom. The minimum Gasteiger partial charge on any atom is -0.334 e. The van der Waals surface area contributed by atoms with Crippen molar-refractivity contribution in [3.8, 4) is 11.4 Å². The molecule has 4 rings (SSSR count). The summed E-state index contributed by atoms with van der Waals surface area (Å²) in [5.74, 6) is 0.963. The fraction of sp³-hybridized carbons (Fsp3) is 0.320. The Morgan fingerprint density at radius 2 is 1.77 bits per heavy atom. The number of carbonyl (C=O) groups is 1. The van der Waals surface area contributed by atoms with Gasteiger partial charge in [-0.3, -0.25) is 4.90 Å². The van der Waals surface area contributed by atoms with Gasteiger partial charge in [0, 0.05) is 17.8 Å². The lowest BCUT2D eigenvalue weighted by Gasteiger charge is -2.34. The van der Waals surface area contributed by atoms with E-state index in [-0.39, 0.29) is 12.1 Å². The van der Waals surface area contributed by atoms with Crippen LogP contribution in [-0.2, 0) is 6.42 Å². The van der Waals surface area contributed by atoms with Crippen LogP contribution in [-0.4, -0.2) is 27.6 Å². The number of benzene rings is 2. The normalized spacial score (nSPS) is 16.6. The van der Waals surface area contributed by atoms with Gasteiger partial charge >= 0.3 is 6.03 Å². The highest BCUT2D eigenvalue weighted by Gasteiger charge is 2.35. The molecule has 6 heteroatoms. The number of amides is 2. The first-order chi connectivity index (χ1) is 14.9. The van der Waals surface area contributed by atoms with Gasteiger partial charge in [0.1, 0.15) is 0 Å². The number of aromatic nitrogens is 2. The minimum atomic E-state index is -0.356. The SMILES string of the molecule is CCc1ccc(-c2noc(C3=C(C)N(CC)C(=O)NC3c3ccc(C)c(C)c3)n2)cc1. The number of nitrogens with one attached hydrogen (secondary N) is 1. The molecule has 160 valence electrons. The predicted molar refractivity (Wildman–Crippen MR) is 121 cm³/mol. The van der Waals surface area contributed by atoms with Crippen molar-refractivity contribution in [2.75, 3.05) is 6.54 Å². The van der Waals surface area contributed by atoms with Gasteiger partial charge in [0.15, 0.2) is 0 Å². The van der Waals surface area contributed by atoms with Gasteiger partial charge in [0.05, 0.1) is 11.6 Å². The summed E-state index contributed by atoms with van der Waals surface area (Å²) in [6.07, 6.45) is 0.980. The molecule has 2 aromatic carbocycles. The number of carbonyl (C=O) groups excluding carboxylic acids is 1. The largest absolute Gasteiger partial charge is 0.334 e. The average Bonchev–Trinajstić information content (AvgIpc) is 3.25. The zero-order chi connectivity index (χ0) is 22.1. The molecule has 1 atom stereocenters. The Hall–Kier alpha value is -3.41. The Kier molecular flexibility index (Phi) is 5.63. The Balaban J connectivity index is 1.79. The minimum absolute atomic E-state index is 0.123. The summed E-state index contributed by atoms with van der Waals surface area (Å²) in [7, 11) is 0. The summed E-state index contributed by atoms with van der Waals surface area (Å²) in [4.78, 5) is 19.2. The molecule has 31 heavy (non-hydrogen) atoms. The van der Waals surface area contributed by atoms with Crippen molar-refractivity contribution in [1.82, 2.24) is 20.4 Å². The lowest BCUT2D eigenvalue weighted by atomic mass is 9.92. The summed E-state index contributed by atoms with van der Waals surface area (Å²) in [6, 6.07) is 13.9. The second kappa shape index (κ2) is 8.38. The van der Waals surface area contributed by atoms with Crippen LogP contribution in [0.4, 0.5) is 4.79 Å². The van der Waals surface area contributed by atoms with Gasteiger partial charge in [-0.25, -0.2) is 4.79 Å². The van der Waals surface area contributed by atoms with Gasteiger partial charge in [0.2, 0.25) is 5.82 Å². The van der Waals surface area contributed by atoms with Crippen LogP contribution in [0, 0.1) is 13.8 Å². The van der Waals surface area contributed by atoms with E-state index in [2.05, 4.69) is 55.5 Å². The smallest absolute Gasteiger partial charge is 0.322 e. The molecule has 1 N–H and O–H groups in total. The third-order valence-corrected chi connectivity index (χ3v) is 6.05. The molecule has 1 aromatic heterocycles. The second-order valence-electron chi connectivity index (χ2n) is 7.94. The highest BCUT2D eigenvalue weighted by atomic mass is 16.5. The number of urea groups is 1. The lowest BCUT2D eigenvalue weighted by Crippen LogP contribution is -2.45. The van der Waals surface area contributed by atoms with Crippen LogP contribution < -0.4 is 5.32 Å². The van der Waals surface area contributed by atoms with Crippen LogP contribution in [0.2, 0.25) is 0 Å². The number of aryl methyl sites for hydroxylation is 3. The van der Waals surface area contributed by atoms with E-state index < -0.39 is 0 Å². The molecule has 0 bridgehead atoms. The summed E-state index contributed by atoms with van der Waals surface area (Å²) in [6.45, 7) is 10.7. The maximum Gasteiger partial charge on any atom is 0.322 e. The average molecular weight is 417 g/mol. The molecular formula is C25H28N4O2. The first kappa shape index (κ1) is 20.8. The number of hydrogen-bond donors (Lipinski definition) is 1. The van der Waals surface area contributed by atoms with Crippen LogP contribution in [0.1, 0.15) is 55.0 Å². The molecule has 1 aliphatic rings. The number of hydrogen-bond acceptors (Lipinski definition) is 4. The second-order valence-corrected chi connectivity index (χ2v) is 7.94. The van der Waals surface area contributed by atoms with E-state index in [1.807, 2.05) is 32.0 Å². The highest BCUT2D eigenvalue weighted by molar-refractivity contribution is 5.86. The van der Waals surface area contributed by atoms with Gasteiger partial charge in [-0.05, 0) is 56.4 Å². The molecule has 2 amide bonds. The summed E-state index contributed by atoms with van der Waals surface area (Å²) in [5, 5.41) is 7.35. The van der Waals surface area contributed by atoms with Crippen LogP contribution in [0.5, 0.6) is 0 Å². The molecule has 0 saturated heterocycles. The number of allylic oxidation sites excluding steroid dienone is 1. The van der Waals surface area contributed by atoms with E-state index in [1.54, 1.807) is 4.90 Å². The fourth-order valence-corrected chi connectivity index (χ4v) is 3.97. The maximum absolute atomic E-state index is 12.7. The van der Waals surface area contributed by atoms with Gasteiger partial charge in [-0.1, -0.05) is 54.5 Å². The zero-order valence-corrected chi connectivity index (χ0v) is 18.7. The zero-order valence-electron chi connectivity index (χ0n) is 18.7. The van der Waals surface area contributed by atoms with Crippen molar-refractivity contribution >= 4 is 11.6 Å². The molecular weight excluding hydrogens is 388 g/mol. The molecule has 0 spiro atoms. The summed E-state index contributed by atoms with van der Waals surface area (Å²) < 4.78 is 5.72. The summed E-state index contributed by atoms with van der Waals surface area (Å²) >= 11 is 0. The van der Waals surface area contributed by atoms with Crippen LogP contribution >= 0.6 is 0 Å². The Bertz CT molecular complexity index is 1140. The Labute approximate surface area is 183 Å². The van der Waals surface area contributed by atoms with E-state index in [0.717, 1.165) is 28.8 Å². The molecule has 6 nitrogen and oxygen atoms in total. The first-order valence-electron chi connectivity index (χ1n) is 10.7. The van der Waals surface area contributed by atoms with Crippen LogP contribution in [0.15, 0.2) is 52.7 Å². The maximum atomic E-state index is 12.7. The number of rotatable bonds is 5. The third-order valence-electron chi connectivity index (χ3n) is 6.05. The lowest BCUT2D eigenvalue weighted by molar-refractivity contribution is 0.207. The van der Waals surface area contributed by atoms with Crippen molar-refractivity contribution < 1.29 is 9.32 Å². The molecule has 0 aliphatic carbocycles. The van der Waals surface area contributed by atoms with Gasteiger partial charge < -0.3 is 9.84 Å². The van der Waals surface area contributed by atoms with E-state index in [9.17, 15) is 4.79 Å². The van der Waals surface area contributed by atoms with Crippen molar-refractivity contribution in [3.05, 3.63) is 76.3 Å². The van der Waals surface area contributed by atoms with Crippen LogP contribution in [0.3, 0.4) is 0 Å². The standard InChI is InChI=1S/C25H28N4O2/c1-6-18-9-12-19(13-10-18)23-27-24(31-28-23)21-17(5)29(7-2)25(30)26-22(21)20-11-8-15(3)16(4)14-20/h8-14,22H,6-7H2,1-5H3,(H,26,30). The Morgan fingerprint density at radius 1 is 1.03 bits per heavy atom. The molecule has 0 saturated carbocycles. The predicted octanol–water partition coefficient (Wildman–Crippen LogP) is 5.43. The number of nitrogens with zero attached hydrogens (tertiary/aromatic N) is 3. The van der Waals surface area contributed by atoms with Crippen LogP contribution in [0.25, 0.3) is 17.0 Å². The highest BCUT2D eigenvalue weighted by Crippen LogP contribution is 2.37. The quantitative estimate of drug-likeness (QED) is 0.602. The monoisotopic (exact) mass is 416 g/mol. The molecule has 0 radical (unpaired) electrons. The molecule has 2 heterocycles. The van der Waals surface area contributed by atoms with Gasteiger partial charge in [-0.15, -0.1) is 0 Å². The van der Waals surface area contributed by atoms with E-state index >= 15 is 0 Å². The molecule has 1 aliphatic heterocycles. The van der Waals surface area contributed by atoms with Gasteiger partial charge in [0.25, 0.3) is 5.89 Å². The summed E-state index contributed by atoms with van der Waals surface area (Å²) in [5.41, 5.74) is 7.19. The van der Waals surface area contributed by atoms with Crippen molar-refractivity contribution in [2.24, 2.45) is 0 Å². The van der Waals surface area contributed by atoms with Gasteiger partial charge in [-0.2, -0.15) is 4.98 Å². The molecule has 3 aromatic rings. The molecule has 0 fully saturated rings. The first-order valence-corrected chi connectivity index (χ1v) is 10.7. The van der Waals surface area contributed by atoms with E-state index in [0.29, 0.717) is 18.3 Å². The van der Waals surface area contributed by atoms with Crippen molar-refractivity contribution in [1.29, 1.82) is 0 Å². The van der Waals surface area contributed by atoms with E-state index in [4.69, 9.17) is 9.51 Å². The van der Waals surface area contributed by atoms with Crippen molar-refractivity contribution in [2.45, 2.75) is 47.1 Å². The fourth-order valence-electron chi connectivity index (χ4n) is 3.97. The van der Waals surface area contributed by atoms with E-state index in [1.165, 1.54) is 16.7 Å².